The van der Waals surface area contributed by atoms with Gasteiger partial charge in [0, 0.05) is 16.9 Å². The molecule has 86 valence electrons. The van der Waals surface area contributed by atoms with Gasteiger partial charge in [-0.1, -0.05) is 42.6 Å². The summed E-state index contributed by atoms with van der Waals surface area (Å²) in [5.74, 6) is -0.234. The van der Waals surface area contributed by atoms with Gasteiger partial charge in [-0.05, 0) is 24.5 Å². The Kier molecular flexibility index (Phi) is 3.20. The Hall–Kier alpha value is -1.02. The van der Waals surface area contributed by atoms with Crippen LogP contribution in [-0.2, 0) is 10.2 Å². The first-order valence-electron chi connectivity index (χ1n) is 5.67. The fourth-order valence-corrected chi connectivity index (χ4v) is 3.15. The van der Waals surface area contributed by atoms with E-state index in [4.69, 9.17) is 17.3 Å². The first-order valence-corrected chi connectivity index (χ1v) is 6.05. The molecule has 0 bridgehead atoms. The Balaban J connectivity index is 2.39. The minimum Gasteiger partial charge on any atom is -0.370 e. The van der Waals surface area contributed by atoms with E-state index in [0.29, 0.717) is 6.42 Å². The van der Waals surface area contributed by atoms with Crippen LogP contribution in [0.1, 0.15) is 37.7 Å². The normalized spacial score (nSPS) is 18.6. The molecule has 1 saturated carbocycles. The first-order chi connectivity index (χ1) is 7.64. The van der Waals surface area contributed by atoms with Gasteiger partial charge < -0.3 is 5.73 Å². The van der Waals surface area contributed by atoms with Gasteiger partial charge in [0.05, 0.1) is 0 Å². The molecule has 3 heteroatoms. The van der Waals surface area contributed by atoms with E-state index in [1.807, 2.05) is 24.3 Å². The number of carbonyl (C=O) groups excluding carboxylic acids is 1. The lowest BCUT2D eigenvalue weighted by Gasteiger charge is -2.29. The maximum Gasteiger partial charge on any atom is 0.218 e. The summed E-state index contributed by atoms with van der Waals surface area (Å²) in [5, 5.41) is 0.755. The van der Waals surface area contributed by atoms with Crippen LogP contribution in [0, 0.1) is 0 Å². The number of amides is 1. The van der Waals surface area contributed by atoms with Crippen LogP contribution in [0.5, 0.6) is 0 Å². The molecule has 0 aromatic heterocycles. The standard InChI is InChI=1S/C13H16ClNO/c14-11-6-2-1-5-10(11)13(9-12(15)16)7-3-4-8-13/h1-2,5-6H,3-4,7-9H2,(H2,15,16). The lowest BCUT2D eigenvalue weighted by molar-refractivity contribution is -0.119. The molecule has 0 unspecified atom stereocenters. The Labute approximate surface area is 101 Å². The van der Waals surface area contributed by atoms with E-state index < -0.39 is 0 Å². The Morgan fingerprint density at radius 2 is 1.94 bits per heavy atom. The number of carbonyl (C=O) groups is 1. The predicted octanol–water partition coefficient (Wildman–Crippen LogP) is 3.03. The van der Waals surface area contributed by atoms with Gasteiger partial charge in [-0.3, -0.25) is 4.79 Å². The van der Waals surface area contributed by atoms with E-state index in [1.165, 1.54) is 0 Å². The fraction of sp³-hybridized carbons (Fsp3) is 0.462. The number of hydrogen-bond acceptors (Lipinski definition) is 1. The molecule has 1 aromatic rings. The summed E-state index contributed by atoms with van der Waals surface area (Å²) in [6, 6.07) is 7.80. The van der Waals surface area contributed by atoms with Gasteiger partial charge in [0.15, 0.2) is 0 Å². The highest BCUT2D eigenvalue weighted by Gasteiger charge is 2.38. The molecule has 0 radical (unpaired) electrons. The minimum absolute atomic E-state index is 0.107. The highest BCUT2D eigenvalue weighted by atomic mass is 35.5. The van der Waals surface area contributed by atoms with Gasteiger partial charge in [-0.15, -0.1) is 0 Å². The molecule has 1 aliphatic carbocycles. The van der Waals surface area contributed by atoms with Gasteiger partial charge in [0.2, 0.25) is 5.91 Å². The van der Waals surface area contributed by atoms with E-state index in [2.05, 4.69) is 0 Å². The van der Waals surface area contributed by atoms with Crippen LogP contribution >= 0.6 is 11.6 Å². The van der Waals surface area contributed by atoms with Crippen LogP contribution in [-0.4, -0.2) is 5.91 Å². The molecule has 0 heterocycles. The summed E-state index contributed by atoms with van der Waals surface area (Å²) < 4.78 is 0. The molecule has 2 nitrogen and oxygen atoms in total. The average molecular weight is 238 g/mol. The third-order valence-electron chi connectivity index (χ3n) is 3.52. The highest BCUT2D eigenvalue weighted by Crippen LogP contribution is 2.45. The van der Waals surface area contributed by atoms with Crippen molar-refractivity contribution in [2.45, 2.75) is 37.5 Å². The van der Waals surface area contributed by atoms with Gasteiger partial charge >= 0.3 is 0 Å². The van der Waals surface area contributed by atoms with Gasteiger partial charge in [0.1, 0.15) is 0 Å². The molecule has 1 amide bonds. The molecule has 1 fully saturated rings. The van der Waals surface area contributed by atoms with E-state index in [0.717, 1.165) is 36.3 Å². The summed E-state index contributed by atoms with van der Waals surface area (Å²) in [7, 11) is 0. The lowest BCUT2D eigenvalue weighted by atomic mass is 9.76. The molecule has 0 saturated heterocycles. The Bertz CT molecular complexity index is 397. The van der Waals surface area contributed by atoms with Crippen LogP contribution in [0.4, 0.5) is 0 Å². The SMILES string of the molecule is NC(=O)CC1(c2ccccc2Cl)CCCC1. The molecule has 0 aliphatic heterocycles. The van der Waals surface area contributed by atoms with Gasteiger partial charge in [-0.25, -0.2) is 0 Å². The van der Waals surface area contributed by atoms with E-state index >= 15 is 0 Å². The summed E-state index contributed by atoms with van der Waals surface area (Å²) in [6.45, 7) is 0. The molecule has 0 atom stereocenters. The third kappa shape index (κ3) is 2.07. The van der Waals surface area contributed by atoms with Crippen LogP contribution in [0.15, 0.2) is 24.3 Å². The predicted molar refractivity (Wildman–Crippen MR) is 65.4 cm³/mol. The number of primary amides is 1. The van der Waals surface area contributed by atoms with Crippen LogP contribution in [0.3, 0.4) is 0 Å². The lowest BCUT2D eigenvalue weighted by Crippen LogP contribution is -2.29. The fourth-order valence-electron chi connectivity index (χ4n) is 2.82. The molecule has 2 rings (SSSR count). The molecular formula is C13H16ClNO. The number of nitrogens with two attached hydrogens (primary N) is 1. The summed E-state index contributed by atoms with van der Waals surface area (Å²) in [4.78, 5) is 11.2. The molecule has 1 aromatic carbocycles. The number of rotatable bonds is 3. The summed E-state index contributed by atoms with van der Waals surface area (Å²) in [6.07, 6.45) is 4.74. The van der Waals surface area contributed by atoms with Crippen molar-refractivity contribution in [2.24, 2.45) is 5.73 Å². The highest BCUT2D eigenvalue weighted by molar-refractivity contribution is 6.31. The molecule has 1 aliphatic rings. The molecule has 2 N–H and O–H groups in total. The van der Waals surface area contributed by atoms with Crippen molar-refractivity contribution >= 4 is 17.5 Å². The zero-order valence-electron chi connectivity index (χ0n) is 9.21. The van der Waals surface area contributed by atoms with Crippen molar-refractivity contribution in [1.29, 1.82) is 0 Å². The molecular weight excluding hydrogens is 222 g/mol. The van der Waals surface area contributed by atoms with Crippen molar-refractivity contribution < 1.29 is 4.79 Å². The smallest absolute Gasteiger partial charge is 0.218 e. The molecule has 0 spiro atoms. The van der Waals surface area contributed by atoms with E-state index in [-0.39, 0.29) is 11.3 Å². The number of hydrogen-bond donors (Lipinski definition) is 1. The average Bonchev–Trinajstić information content (AvgIpc) is 2.67. The van der Waals surface area contributed by atoms with Crippen molar-refractivity contribution in [2.75, 3.05) is 0 Å². The van der Waals surface area contributed by atoms with Crippen molar-refractivity contribution in [1.82, 2.24) is 0 Å². The maximum atomic E-state index is 11.2. The zero-order chi connectivity index (χ0) is 11.6. The Morgan fingerprint density at radius 3 is 2.50 bits per heavy atom. The summed E-state index contributed by atoms with van der Waals surface area (Å²) >= 11 is 6.23. The van der Waals surface area contributed by atoms with Gasteiger partial charge in [0.25, 0.3) is 0 Å². The third-order valence-corrected chi connectivity index (χ3v) is 3.85. The Morgan fingerprint density at radius 1 is 1.31 bits per heavy atom. The van der Waals surface area contributed by atoms with Crippen LogP contribution in [0.25, 0.3) is 0 Å². The second kappa shape index (κ2) is 4.46. The molecule has 16 heavy (non-hydrogen) atoms. The number of benzene rings is 1. The second-order valence-electron chi connectivity index (χ2n) is 4.61. The monoisotopic (exact) mass is 237 g/mol. The van der Waals surface area contributed by atoms with Crippen LogP contribution in [0.2, 0.25) is 5.02 Å². The van der Waals surface area contributed by atoms with Gasteiger partial charge in [-0.2, -0.15) is 0 Å². The van der Waals surface area contributed by atoms with Crippen molar-refractivity contribution in [3.05, 3.63) is 34.9 Å². The van der Waals surface area contributed by atoms with E-state index in [9.17, 15) is 4.79 Å². The van der Waals surface area contributed by atoms with Crippen LogP contribution < -0.4 is 5.73 Å². The topological polar surface area (TPSA) is 43.1 Å². The van der Waals surface area contributed by atoms with Crippen molar-refractivity contribution in [3.63, 3.8) is 0 Å². The van der Waals surface area contributed by atoms with Crippen molar-refractivity contribution in [3.8, 4) is 0 Å². The van der Waals surface area contributed by atoms with E-state index in [1.54, 1.807) is 0 Å². The maximum absolute atomic E-state index is 11.2. The largest absolute Gasteiger partial charge is 0.370 e. The zero-order valence-corrected chi connectivity index (χ0v) is 9.96. The minimum atomic E-state index is -0.234. The summed E-state index contributed by atoms with van der Waals surface area (Å²) in [5.41, 5.74) is 6.35. The number of halogens is 1. The quantitative estimate of drug-likeness (QED) is 0.863. The first kappa shape index (κ1) is 11.5. The second-order valence-corrected chi connectivity index (χ2v) is 5.02.